The molecule has 1 unspecified atom stereocenters. The van der Waals surface area contributed by atoms with E-state index in [-0.39, 0.29) is 17.6 Å². The second kappa shape index (κ2) is 6.24. The quantitative estimate of drug-likeness (QED) is 0.899. The summed E-state index contributed by atoms with van der Waals surface area (Å²) >= 11 is 0. The predicted molar refractivity (Wildman–Crippen MR) is 85.0 cm³/mol. The molecule has 0 saturated carbocycles. The van der Waals surface area contributed by atoms with E-state index in [0.29, 0.717) is 0 Å². The van der Waals surface area contributed by atoms with E-state index in [1.807, 2.05) is 39.0 Å². The van der Waals surface area contributed by atoms with Gasteiger partial charge in [-0.15, -0.1) is 0 Å². The molecule has 0 aliphatic carbocycles. The smallest absolute Gasteiger partial charge is 0.315 e. The third-order valence-electron chi connectivity index (χ3n) is 3.44. The second-order valence-electron chi connectivity index (χ2n) is 6.45. The van der Waals surface area contributed by atoms with Gasteiger partial charge in [0.1, 0.15) is 5.75 Å². The number of hydrogen-bond acceptors (Lipinski definition) is 3. The molecule has 0 bridgehead atoms. The van der Waals surface area contributed by atoms with Crippen LogP contribution in [0.1, 0.15) is 27.2 Å². The predicted octanol–water partition coefficient (Wildman–Crippen LogP) is 2.37. The van der Waals surface area contributed by atoms with Gasteiger partial charge < -0.3 is 20.3 Å². The van der Waals surface area contributed by atoms with Crippen molar-refractivity contribution in [2.45, 2.75) is 38.8 Å². The van der Waals surface area contributed by atoms with E-state index in [2.05, 4.69) is 21.6 Å². The molecular weight excluding hydrogens is 266 g/mol. The van der Waals surface area contributed by atoms with Gasteiger partial charge in [0.05, 0.1) is 12.8 Å². The van der Waals surface area contributed by atoms with Crippen LogP contribution >= 0.6 is 0 Å². The highest BCUT2D eigenvalue weighted by molar-refractivity contribution is 5.75. The molecule has 2 rings (SSSR count). The Hall–Kier alpha value is -1.91. The fraction of sp³-hybridized carbons (Fsp3) is 0.562. The maximum Gasteiger partial charge on any atom is 0.315 e. The summed E-state index contributed by atoms with van der Waals surface area (Å²) in [5.41, 5.74) is 0.867. The van der Waals surface area contributed by atoms with Crippen molar-refractivity contribution < 1.29 is 9.53 Å². The Morgan fingerprint density at radius 3 is 2.71 bits per heavy atom. The van der Waals surface area contributed by atoms with Crippen LogP contribution in [-0.4, -0.2) is 37.8 Å². The molecule has 0 radical (unpaired) electrons. The van der Waals surface area contributed by atoms with Crippen molar-refractivity contribution in [3.8, 4) is 5.75 Å². The molecule has 2 N–H and O–H groups in total. The van der Waals surface area contributed by atoms with E-state index in [1.54, 1.807) is 7.11 Å². The maximum absolute atomic E-state index is 11.9. The minimum absolute atomic E-state index is 0.102. The molecule has 1 aliphatic heterocycles. The molecule has 5 nitrogen and oxygen atoms in total. The molecule has 5 heteroatoms. The number of anilines is 1. The van der Waals surface area contributed by atoms with Crippen molar-refractivity contribution >= 4 is 11.7 Å². The van der Waals surface area contributed by atoms with Crippen molar-refractivity contribution in [1.82, 2.24) is 10.6 Å². The summed E-state index contributed by atoms with van der Waals surface area (Å²) in [4.78, 5) is 14.2. The third kappa shape index (κ3) is 4.28. The summed E-state index contributed by atoms with van der Waals surface area (Å²) in [5.74, 6) is 0.872. The molecule has 1 saturated heterocycles. The summed E-state index contributed by atoms with van der Waals surface area (Å²) in [7, 11) is 1.68. The minimum atomic E-state index is -0.217. The molecule has 2 amide bonds. The summed E-state index contributed by atoms with van der Waals surface area (Å²) < 4.78 is 5.40. The van der Waals surface area contributed by atoms with Gasteiger partial charge in [-0.2, -0.15) is 0 Å². The molecule has 0 spiro atoms. The number of benzene rings is 1. The zero-order valence-electron chi connectivity index (χ0n) is 13.3. The van der Waals surface area contributed by atoms with Crippen LogP contribution in [0.4, 0.5) is 10.5 Å². The van der Waals surface area contributed by atoms with Crippen LogP contribution in [0.25, 0.3) is 0 Å². The number of nitrogens with one attached hydrogen (secondary N) is 2. The fourth-order valence-corrected chi connectivity index (χ4v) is 2.55. The molecule has 21 heavy (non-hydrogen) atoms. The van der Waals surface area contributed by atoms with Crippen LogP contribution in [0.5, 0.6) is 5.75 Å². The first-order valence-electron chi connectivity index (χ1n) is 7.36. The van der Waals surface area contributed by atoms with E-state index in [1.165, 1.54) is 0 Å². The third-order valence-corrected chi connectivity index (χ3v) is 3.44. The van der Waals surface area contributed by atoms with Crippen molar-refractivity contribution in [2.24, 2.45) is 0 Å². The molecular formula is C16H25N3O2. The number of para-hydroxylation sites is 2. The Bertz CT molecular complexity index is 497. The Morgan fingerprint density at radius 1 is 1.33 bits per heavy atom. The zero-order valence-corrected chi connectivity index (χ0v) is 13.3. The van der Waals surface area contributed by atoms with Crippen LogP contribution in [-0.2, 0) is 0 Å². The summed E-state index contributed by atoms with van der Waals surface area (Å²) in [6.07, 6.45) is 0.940. The van der Waals surface area contributed by atoms with Crippen LogP contribution < -0.4 is 20.3 Å². The van der Waals surface area contributed by atoms with Crippen molar-refractivity contribution in [1.29, 1.82) is 0 Å². The van der Waals surface area contributed by atoms with Gasteiger partial charge in [0, 0.05) is 24.7 Å². The first kappa shape index (κ1) is 15.5. The highest BCUT2D eigenvalue weighted by atomic mass is 16.5. The molecule has 1 atom stereocenters. The highest BCUT2D eigenvalue weighted by Crippen LogP contribution is 2.30. The Kier molecular flexibility index (Phi) is 4.60. The van der Waals surface area contributed by atoms with Gasteiger partial charge >= 0.3 is 6.03 Å². The van der Waals surface area contributed by atoms with Gasteiger partial charge in [0.25, 0.3) is 0 Å². The van der Waals surface area contributed by atoms with Gasteiger partial charge in [0.15, 0.2) is 0 Å². The van der Waals surface area contributed by atoms with Gasteiger partial charge in [-0.05, 0) is 39.3 Å². The number of amides is 2. The first-order valence-corrected chi connectivity index (χ1v) is 7.36. The largest absolute Gasteiger partial charge is 0.495 e. The minimum Gasteiger partial charge on any atom is -0.495 e. The van der Waals surface area contributed by atoms with E-state index < -0.39 is 0 Å². The second-order valence-corrected chi connectivity index (χ2v) is 6.45. The number of hydrogen-bond donors (Lipinski definition) is 2. The maximum atomic E-state index is 11.9. The highest BCUT2D eigenvalue weighted by Gasteiger charge is 2.26. The standard InChI is InChI=1S/C16H25N3O2/c1-16(2,3)18-15(20)17-12-9-10-19(11-12)13-7-5-6-8-14(13)21-4/h5-8,12H,9-11H2,1-4H3,(H2,17,18,20). The molecule has 1 heterocycles. The number of urea groups is 1. The Morgan fingerprint density at radius 2 is 2.05 bits per heavy atom. The topological polar surface area (TPSA) is 53.6 Å². The van der Waals surface area contributed by atoms with Crippen LogP contribution in [0.2, 0.25) is 0 Å². The number of carbonyl (C=O) groups excluding carboxylic acids is 1. The van der Waals surface area contributed by atoms with Crippen molar-refractivity contribution in [3.63, 3.8) is 0 Å². The first-order chi connectivity index (χ1) is 9.89. The normalized spacial score (nSPS) is 18.5. The molecule has 1 aromatic rings. The number of rotatable bonds is 3. The van der Waals surface area contributed by atoms with E-state index in [4.69, 9.17) is 4.74 Å². The summed E-state index contributed by atoms with van der Waals surface area (Å²) in [6, 6.07) is 8.04. The van der Waals surface area contributed by atoms with Crippen molar-refractivity contribution in [3.05, 3.63) is 24.3 Å². The van der Waals surface area contributed by atoms with E-state index in [0.717, 1.165) is 30.9 Å². The molecule has 116 valence electrons. The lowest BCUT2D eigenvalue weighted by Crippen LogP contribution is -2.50. The van der Waals surface area contributed by atoms with Gasteiger partial charge in [-0.1, -0.05) is 12.1 Å². The number of nitrogens with zero attached hydrogens (tertiary/aromatic N) is 1. The lowest BCUT2D eigenvalue weighted by Gasteiger charge is -2.24. The lowest BCUT2D eigenvalue weighted by atomic mass is 10.1. The molecule has 0 aromatic heterocycles. The van der Waals surface area contributed by atoms with Crippen LogP contribution in [0.3, 0.4) is 0 Å². The number of ether oxygens (including phenoxy) is 1. The average Bonchev–Trinajstić information content (AvgIpc) is 2.84. The number of carbonyl (C=O) groups is 1. The molecule has 1 aromatic carbocycles. The lowest BCUT2D eigenvalue weighted by molar-refractivity contribution is 0.229. The van der Waals surface area contributed by atoms with Crippen LogP contribution in [0.15, 0.2) is 24.3 Å². The van der Waals surface area contributed by atoms with Gasteiger partial charge in [-0.3, -0.25) is 0 Å². The molecule has 1 fully saturated rings. The SMILES string of the molecule is COc1ccccc1N1CCC(NC(=O)NC(C)(C)C)C1. The van der Waals surface area contributed by atoms with E-state index >= 15 is 0 Å². The van der Waals surface area contributed by atoms with Crippen molar-refractivity contribution in [2.75, 3.05) is 25.1 Å². The molecule has 1 aliphatic rings. The average molecular weight is 291 g/mol. The zero-order chi connectivity index (χ0) is 15.5. The number of methoxy groups -OCH3 is 1. The van der Waals surface area contributed by atoms with Crippen LogP contribution in [0, 0.1) is 0 Å². The van der Waals surface area contributed by atoms with E-state index in [9.17, 15) is 4.79 Å². The Labute approximate surface area is 126 Å². The summed E-state index contributed by atoms with van der Waals surface area (Å²) in [6.45, 7) is 7.64. The van der Waals surface area contributed by atoms with Gasteiger partial charge in [-0.25, -0.2) is 4.79 Å². The summed E-state index contributed by atoms with van der Waals surface area (Å²) in [5, 5.41) is 5.97. The monoisotopic (exact) mass is 291 g/mol. The fourth-order valence-electron chi connectivity index (χ4n) is 2.55. The Balaban J connectivity index is 1.93. The van der Waals surface area contributed by atoms with Gasteiger partial charge in [0.2, 0.25) is 0 Å².